The Morgan fingerprint density at radius 3 is 1.40 bits per heavy atom. The third-order valence-corrected chi connectivity index (χ3v) is 8.45. The maximum absolute atomic E-state index is 12.1. The molecule has 0 bridgehead atoms. The molecule has 0 amide bonds. The van der Waals surface area contributed by atoms with Gasteiger partial charge in [-0.3, -0.25) is 4.18 Å². The molecule has 0 heterocycles. The maximum Gasteiger partial charge on any atom is 0.297 e. The smallest absolute Gasteiger partial charge is 0.297 e. The van der Waals surface area contributed by atoms with Gasteiger partial charge in [-0.05, 0) is 49.6 Å². The Morgan fingerprint density at radius 2 is 0.915 bits per heavy atom. The molecule has 2 rings (SSSR count). The predicted octanol–water partition coefficient (Wildman–Crippen LogP) is 6.17. The molecule has 0 N–H and O–H groups in total. The number of ether oxygens (including phenoxy) is 7. The van der Waals surface area contributed by atoms with E-state index < -0.39 is 10.1 Å². The fourth-order valence-electron chi connectivity index (χ4n) is 4.43. The Balaban J connectivity index is 1.26. The summed E-state index contributed by atoms with van der Waals surface area (Å²) in [4.78, 5) is 0.134. The summed E-state index contributed by atoms with van der Waals surface area (Å²) in [6.45, 7) is 9.83. The molecule has 2 aromatic rings. The van der Waals surface area contributed by atoms with Crippen molar-refractivity contribution in [2.75, 3.05) is 92.5 Å². The molecule has 0 fully saturated rings. The second-order valence-electron chi connectivity index (χ2n) is 11.1. The van der Waals surface area contributed by atoms with Crippen LogP contribution in [0.3, 0.4) is 0 Å². The van der Waals surface area contributed by atoms with Gasteiger partial charge in [0, 0.05) is 0 Å². The van der Waals surface area contributed by atoms with E-state index in [1.807, 2.05) is 19.1 Å². The van der Waals surface area contributed by atoms with E-state index in [4.69, 9.17) is 37.3 Å². The van der Waals surface area contributed by atoms with Crippen molar-refractivity contribution in [3.8, 4) is 5.75 Å². The van der Waals surface area contributed by atoms with Crippen molar-refractivity contribution in [1.29, 1.82) is 0 Å². The topological polar surface area (TPSA) is 108 Å². The summed E-state index contributed by atoms with van der Waals surface area (Å²) in [7, 11) is -3.77. The van der Waals surface area contributed by atoms with Gasteiger partial charge in [-0.25, -0.2) is 0 Å². The zero-order valence-electron chi connectivity index (χ0n) is 28.7. The van der Waals surface area contributed by atoms with E-state index in [0.717, 1.165) is 17.7 Å². The Labute approximate surface area is 283 Å². The average Bonchev–Trinajstić information content (AvgIpc) is 3.07. The molecular formula is C36H58O10S. The van der Waals surface area contributed by atoms with E-state index >= 15 is 0 Å². The Hall–Kier alpha value is -2.09. The van der Waals surface area contributed by atoms with Crippen LogP contribution in [-0.2, 0) is 49.1 Å². The molecule has 0 aliphatic carbocycles. The number of unbranched alkanes of at least 4 members (excludes halogenated alkanes) is 6. The lowest BCUT2D eigenvalue weighted by Gasteiger charge is -2.09. The maximum atomic E-state index is 12.1. The molecule has 2 aromatic carbocycles. The highest BCUT2D eigenvalue weighted by molar-refractivity contribution is 7.86. The molecule has 47 heavy (non-hydrogen) atoms. The van der Waals surface area contributed by atoms with Crippen LogP contribution in [0, 0.1) is 6.92 Å². The van der Waals surface area contributed by atoms with Crippen molar-refractivity contribution >= 4 is 10.1 Å². The quantitative estimate of drug-likeness (QED) is 0.0657. The predicted molar refractivity (Wildman–Crippen MR) is 183 cm³/mol. The van der Waals surface area contributed by atoms with E-state index in [1.54, 1.807) is 12.1 Å². The van der Waals surface area contributed by atoms with E-state index in [9.17, 15) is 8.42 Å². The Morgan fingerprint density at radius 1 is 0.489 bits per heavy atom. The van der Waals surface area contributed by atoms with Crippen LogP contribution < -0.4 is 4.74 Å². The van der Waals surface area contributed by atoms with Gasteiger partial charge in [0.25, 0.3) is 10.1 Å². The van der Waals surface area contributed by atoms with E-state index in [1.165, 1.54) is 62.6 Å². The number of rotatable bonds is 32. The van der Waals surface area contributed by atoms with Crippen LogP contribution in [0.15, 0.2) is 53.4 Å². The van der Waals surface area contributed by atoms with Crippen molar-refractivity contribution < 1.29 is 45.8 Å². The molecule has 0 saturated carbocycles. The minimum atomic E-state index is -3.77. The molecule has 0 unspecified atom stereocenters. The van der Waals surface area contributed by atoms with Crippen LogP contribution in [-0.4, -0.2) is 101 Å². The lowest BCUT2D eigenvalue weighted by atomic mass is 10.0. The van der Waals surface area contributed by atoms with Gasteiger partial charge in [0.15, 0.2) is 0 Å². The molecule has 10 nitrogen and oxygen atoms in total. The highest BCUT2D eigenvalue weighted by Gasteiger charge is 2.14. The molecule has 0 spiro atoms. The largest absolute Gasteiger partial charge is 0.491 e. The fourth-order valence-corrected chi connectivity index (χ4v) is 5.33. The third-order valence-electron chi connectivity index (χ3n) is 7.12. The summed E-state index contributed by atoms with van der Waals surface area (Å²) in [5.41, 5.74) is 2.35. The number of hydrogen-bond acceptors (Lipinski definition) is 10. The Bertz CT molecular complexity index is 1090. The van der Waals surface area contributed by atoms with Crippen molar-refractivity contribution in [2.45, 2.75) is 70.1 Å². The SMILES string of the molecule is CCCCCCCCCc1ccc(OCCOCCOCCOCCOCCOCCOCCOS(=O)(=O)c2ccc(C)cc2)cc1. The minimum absolute atomic E-state index is 0.0527. The summed E-state index contributed by atoms with van der Waals surface area (Å²) in [5, 5.41) is 0. The molecule has 0 atom stereocenters. The first-order valence-corrected chi connectivity index (χ1v) is 18.6. The number of aryl methyl sites for hydroxylation is 2. The lowest BCUT2D eigenvalue weighted by molar-refractivity contribution is -0.0186. The van der Waals surface area contributed by atoms with Gasteiger partial charge in [-0.1, -0.05) is 75.3 Å². The highest BCUT2D eigenvalue weighted by atomic mass is 32.2. The van der Waals surface area contributed by atoms with E-state index in [0.29, 0.717) is 79.3 Å². The summed E-state index contributed by atoms with van der Waals surface area (Å²) in [5.74, 6) is 0.876. The zero-order valence-corrected chi connectivity index (χ0v) is 29.5. The summed E-state index contributed by atoms with van der Waals surface area (Å²) in [6.07, 6.45) is 10.5. The summed E-state index contributed by atoms with van der Waals surface area (Å²) >= 11 is 0. The van der Waals surface area contributed by atoms with Gasteiger partial charge >= 0.3 is 0 Å². The van der Waals surface area contributed by atoms with Crippen LogP contribution in [0.2, 0.25) is 0 Å². The van der Waals surface area contributed by atoms with Gasteiger partial charge in [0.1, 0.15) is 12.4 Å². The highest BCUT2D eigenvalue weighted by Crippen LogP contribution is 2.16. The van der Waals surface area contributed by atoms with Gasteiger partial charge in [0.05, 0.1) is 90.8 Å². The molecule has 0 aliphatic heterocycles. The molecule has 0 aromatic heterocycles. The van der Waals surface area contributed by atoms with Crippen LogP contribution in [0.5, 0.6) is 5.75 Å². The number of hydrogen-bond donors (Lipinski definition) is 0. The zero-order chi connectivity index (χ0) is 33.7. The summed E-state index contributed by atoms with van der Waals surface area (Å²) < 4.78 is 67.8. The average molecular weight is 683 g/mol. The van der Waals surface area contributed by atoms with Crippen LogP contribution in [0.1, 0.15) is 63.0 Å². The van der Waals surface area contributed by atoms with Crippen molar-refractivity contribution in [3.63, 3.8) is 0 Å². The van der Waals surface area contributed by atoms with Crippen molar-refractivity contribution in [2.24, 2.45) is 0 Å². The first-order chi connectivity index (χ1) is 23.0. The first kappa shape index (κ1) is 41.1. The number of benzene rings is 2. The standard InChI is InChI=1S/C36H58O10S/c1-3-4-5-6-7-8-9-10-34-13-15-35(16-14-34)45-31-29-43-27-25-41-23-21-39-19-20-40-22-24-42-26-28-44-30-32-46-47(37,38)36-17-11-33(2)12-18-36/h11-18H,3-10,19-32H2,1-2H3. The van der Waals surface area contributed by atoms with Crippen LogP contribution in [0.25, 0.3) is 0 Å². The molecule has 268 valence electrons. The first-order valence-electron chi connectivity index (χ1n) is 17.2. The molecule has 0 radical (unpaired) electrons. The fraction of sp³-hybridized carbons (Fsp3) is 0.667. The molecule has 0 aliphatic rings. The van der Waals surface area contributed by atoms with Gasteiger partial charge < -0.3 is 33.2 Å². The lowest BCUT2D eigenvalue weighted by Crippen LogP contribution is -2.15. The minimum Gasteiger partial charge on any atom is -0.491 e. The van der Waals surface area contributed by atoms with Crippen LogP contribution >= 0.6 is 0 Å². The normalized spacial score (nSPS) is 11.7. The molecule has 0 saturated heterocycles. The van der Waals surface area contributed by atoms with E-state index in [2.05, 4.69) is 19.1 Å². The van der Waals surface area contributed by atoms with Crippen LogP contribution in [0.4, 0.5) is 0 Å². The Kier molecular flexibility index (Phi) is 24.3. The van der Waals surface area contributed by atoms with Crippen molar-refractivity contribution in [1.82, 2.24) is 0 Å². The molecular weight excluding hydrogens is 624 g/mol. The monoisotopic (exact) mass is 682 g/mol. The van der Waals surface area contributed by atoms with Gasteiger partial charge in [-0.15, -0.1) is 0 Å². The second-order valence-corrected chi connectivity index (χ2v) is 12.7. The van der Waals surface area contributed by atoms with Gasteiger partial charge in [-0.2, -0.15) is 8.42 Å². The molecule has 11 heteroatoms. The second kappa shape index (κ2) is 27.8. The van der Waals surface area contributed by atoms with Gasteiger partial charge in [0.2, 0.25) is 0 Å². The summed E-state index contributed by atoms with van der Waals surface area (Å²) in [6, 6.07) is 14.9. The third kappa shape index (κ3) is 22.2. The van der Waals surface area contributed by atoms with Crippen molar-refractivity contribution in [3.05, 3.63) is 59.7 Å². The van der Waals surface area contributed by atoms with E-state index in [-0.39, 0.29) is 18.1 Å².